The molecule has 0 aliphatic carbocycles. The summed E-state index contributed by atoms with van der Waals surface area (Å²) in [5, 5.41) is 0. The molecule has 0 aromatic rings. The van der Waals surface area contributed by atoms with Gasteiger partial charge in [0, 0.05) is 0 Å². The van der Waals surface area contributed by atoms with E-state index in [0.29, 0.717) is 6.61 Å². The lowest BCUT2D eigenvalue weighted by Gasteiger charge is -2.17. The summed E-state index contributed by atoms with van der Waals surface area (Å²) < 4.78 is 36.8. The fraction of sp³-hybridized carbons (Fsp3) is 0.941. The van der Waals surface area contributed by atoms with Crippen molar-refractivity contribution in [2.45, 2.75) is 84.1 Å². The molecule has 0 aromatic carbocycles. The fourth-order valence-electron chi connectivity index (χ4n) is 2.09. The zero-order valence-electron chi connectivity index (χ0n) is 16.2. The second kappa shape index (κ2) is 16.8. The van der Waals surface area contributed by atoms with Crippen molar-refractivity contribution < 1.29 is 27.1 Å². The summed E-state index contributed by atoms with van der Waals surface area (Å²) in [6, 6.07) is -0.141. The molecule has 0 radical (unpaired) electrons. The number of unbranched alkanes of at least 4 members (excludes halogenated alkanes) is 9. The lowest BCUT2D eigenvalue weighted by atomic mass is 10.1. The highest BCUT2D eigenvalue weighted by molar-refractivity contribution is 7.79. The van der Waals surface area contributed by atoms with Crippen LogP contribution in [0.25, 0.3) is 0 Å². The maximum atomic E-state index is 11.6. The quantitative estimate of drug-likeness (QED) is 0.283. The first-order valence-electron chi connectivity index (χ1n) is 9.12. The summed E-state index contributed by atoms with van der Waals surface area (Å²) in [5.41, 5.74) is 0. The number of carbonyl (C=O) groups excluding carboxylic acids is 1. The van der Waals surface area contributed by atoms with E-state index < -0.39 is 10.4 Å². The van der Waals surface area contributed by atoms with E-state index in [-0.39, 0.29) is 12.0 Å². The van der Waals surface area contributed by atoms with Gasteiger partial charge in [-0.25, -0.2) is 0 Å². The highest BCUT2D eigenvalue weighted by atomic mass is 32.3. The van der Waals surface area contributed by atoms with Crippen LogP contribution in [0, 0.1) is 0 Å². The second-order valence-corrected chi connectivity index (χ2v) is 7.33. The Morgan fingerprint density at radius 2 is 1.28 bits per heavy atom. The van der Waals surface area contributed by atoms with Crippen LogP contribution in [0.15, 0.2) is 0 Å². The van der Waals surface area contributed by atoms with E-state index in [1.54, 1.807) is 0 Å². The van der Waals surface area contributed by atoms with Gasteiger partial charge in [-0.05, 0) is 27.4 Å². The first-order chi connectivity index (χ1) is 11.6. The predicted molar refractivity (Wildman–Crippen MR) is 100 cm³/mol. The van der Waals surface area contributed by atoms with Crippen LogP contribution in [0.3, 0.4) is 0 Å². The van der Waals surface area contributed by atoms with Gasteiger partial charge in [0.1, 0.15) is 6.04 Å². The Balaban J connectivity index is 0. The Kier molecular flexibility index (Phi) is 17.8. The van der Waals surface area contributed by atoms with Crippen LogP contribution in [0.4, 0.5) is 0 Å². The number of nitrogens with zero attached hydrogens (tertiary/aromatic N) is 1. The molecule has 0 fully saturated rings. The first kappa shape index (κ1) is 26.5. The molecular formula is C17H37NO6S. The number of hydrogen-bond donors (Lipinski definition) is 2. The van der Waals surface area contributed by atoms with E-state index in [2.05, 4.69) is 6.92 Å². The van der Waals surface area contributed by atoms with E-state index >= 15 is 0 Å². The van der Waals surface area contributed by atoms with Crippen molar-refractivity contribution in [1.82, 2.24) is 4.90 Å². The van der Waals surface area contributed by atoms with Crippen LogP contribution in [0.1, 0.15) is 78.1 Å². The molecule has 1 unspecified atom stereocenters. The lowest BCUT2D eigenvalue weighted by molar-refractivity contribution is -0.148. The van der Waals surface area contributed by atoms with Crippen LogP contribution in [-0.2, 0) is 19.9 Å². The molecule has 0 aromatic heterocycles. The van der Waals surface area contributed by atoms with Crippen LogP contribution in [0.5, 0.6) is 0 Å². The average molecular weight is 384 g/mol. The SMILES string of the molecule is CCCCCCCCCCCCOC(=O)C(C)N(C)C.O=S(=O)(O)O. The Labute approximate surface area is 153 Å². The van der Waals surface area contributed by atoms with Gasteiger partial charge in [0.2, 0.25) is 0 Å². The molecule has 0 rings (SSSR count). The number of rotatable bonds is 13. The molecule has 8 heteroatoms. The molecular weight excluding hydrogens is 346 g/mol. The standard InChI is InChI=1S/C17H35NO2.H2O4S/c1-5-6-7-8-9-10-11-12-13-14-15-20-17(19)16(2)18(3)4;1-5(2,3)4/h16H,5-15H2,1-4H3;(H2,1,2,3,4). The van der Waals surface area contributed by atoms with Gasteiger partial charge < -0.3 is 4.74 Å². The van der Waals surface area contributed by atoms with Crippen LogP contribution < -0.4 is 0 Å². The zero-order chi connectivity index (χ0) is 19.7. The van der Waals surface area contributed by atoms with E-state index in [1.165, 1.54) is 57.8 Å². The Morgan fingerprint density at radius 3 is 1.64 bits per heavy atom. The normalized spacial score (nSPS) is 12.4. The molecule has 0 amide bonds. The van der Waals surface area contributed by atoms with Crippen molar-refractivity contribution in [3.05, 3.63) is 0 Å². The number of likely N-dealkylation sites (N-methyl/N-ethyl adjacent to an activating group) is 1. The van der Waals surface area contributed by atoms with Crippen molar-refractivity contribution in [3.8, 4) is 0 Å². The number of carbonyl (C=O) groups is 1. The van der Waals surface area contributed by atoms with Gasteiger partial charge in [-0.3, -0.25) is 18.8 Å². The van der Waals surface area contributed by atoms with Gasteiger partial charge in [0.05, 0.1) is 6.61 Å². The zero-order valence-corrected chi connectivity index (χ0v) is 17.1. The summed E-state index contributed by atoms with van der Waals surface area (Å²) in [5.74, 6) is -0.106. The van der Waals surface area contributed by atoms with Gasteiger partial charge in [0.15, 0.2) is 0 Å². The van der Waals surface area contributed by atoms with Gasteiger partial charge in [-0.1, -0.05) is 64.7 Å². The van der Waals surface area contributed by atoms with E-state index in [9.17, 15) is 4.79 Å². The summed E-state index contributed by atoms with van der Waals surface area (Å²) in [6.45, 7) is 4.71. The minimum absolute atomic E-state index is 0.106. The van der Waals surface area contributed by atoms with Gasteiger partial charge in [-0.2, -0.15) is 8.42 Å². The summed E-state index contributed by atoms with van der Waals surface area (Å²) in [6.07, 6.45) is 13.0. The first-order valence-corrected chi connectivity index (χ1v) is 10.5. The maximum Gasteiger partial charge on any atom is 0.394 e. The van der Waals surface area contributed by atoms with Gasteiger partial charge >= 0.3 is 16.4 Å². The molecule has 152 valence electrons. The Hall–Kier alpha value is -0.700. The number of hydrogen-bond acceptors (Lipinski definition) is 5. The third-order valence-electron chi connectivity index (χ3n) is 3.86. The van der Waals surface area contributed by atoms with Crippen LogP contribution >= 0.6 is 0 Å². The van der Waals surface area contributed by atoms with Gasteiger partial charge in [0.25, 0.3) is 0 Å². The fourth-order valence-corrected chi connectivity index (χ4v) is 2.09. The van der Waals surface area contributed by atoms with Gasteiger partial charge in [-0.15, -0.1) is 0 Å². The summed E-state index contributed by atoms with van der Waals surface area (Å²) >= 11 is 0. The maximum absolute atomic E-state index is 11.6. The van der Waals surface area contributed by atoms with Crippen molar-refractivity contribution in [1.29, 1.82) is 0 Å². The van der Waals surface area contributed by atoms with Crippen molar-refractivity contribution >= 4 is 16.4 Å². The second-order valence-electron chi connectivity index (χ2n) is 6.44. The predicted octanol–water partition coefficient (Wildman–Crippen LogP) is 3.75. The third kappa shape index (κ3) is 25.7. The molecule has 0 aliphatic heterocycles. The molecule has 0 bridgehead atoms. The molecule has 1 atom stereocenters. The molecule has 0 saturated heterocycles. The summed E-state index contributed by atoms with van der Waals surface area (Å²) in [4.78, 5) is 13.5. The van der Waals surface area contributed by atoms with E-state index in [0.717, 1.165) is 6.42 Å². The molecule has 7 nitrogen and oxygen atoms in total. The van der Waals surface area contributed by atoms with E-state index in [4.69, 9.17) is 22.3 Å². The molecule has 0 spiro atoms. The molecule has 0 heterocycles. The lowest BCUT2D eigenvalue weighted by Crippen LogP contribution is -2.34. The molecule has 25 heavy (non-hydrogen) atoms. The minimum atomic E-state index is -4.67. The molecule has 2 N–H and O–H groups in total. The highest BCUT2D eigenvalue weighted by Gasteiger charge is 2.15. The minimum Gasteiger partial charge on any atom is -0.465 e. The average Bonchev–Trinajstić information content (AvgIpc) is 2.49. The van der Waals surface area contributed by atoms with Crippen molar-refractivity contribution in [3.63, 3.8) is 0 Å². The molecule has 0 aliphatic rings. The summed E-state index contributed by atoms with van der Waals surface area (Å²) in [7, 11) is -0.876. The Bertz CT molecular complexity index is 403. The topological polar surface area (TPSA) is 104 Å². The highest BCUT2D eigenvalue weighted by Crippen LogP contribution is 2.10. The molecule has 0 saturated carbocycles. The van der Waals surface area contributed by atoms with Crippen LogP contribution in [0.2, 0.25) is 0 Å². The van der Waals surface area contributed by atoms with E-state index in [1.807, 2.05) is 25.9 Å². The number of esters is 1. The smallest absolute Gasteiger partial charge is 0.394 e. The number of ether oxygens (including phenoxy) is 1. The van der Waals surface area contributed by atoms with Crippen LogP contribution in [-0.4, -0.2) is 55.1 Å². The largest absolute Gasteiger partial charge is 0.465 e. The third-order valence-corrected chi connectivity index (χ3v) is 3.86. The monoisotopic (exact) mass is 383 g/mol. The van der Waals surface area contributed by atoms with Crippen molar-refractivity contribution in [2.75, 3.05) is 20.7 Å². The van der Waals surface area contributed by atoms with Crippen molar-refractivity contribution in [2.24, 2.45) is 0 Å². The Morgan fingerprint density at radius 1 is 0.920 bits per heavy atom.